The first-order chi connectivity index (χ1) is 10.3. The van der Waals surface area contributed by atoms with E-state index in [0.29, 0.717) is 6.54 Å². The molecule has 0 radical (unpaired) electrons. The van der Waals surface area contributed by atoms with Crippen LogP contribution in [0, 0.1) is 5.41 Å². The fourth-order valence-corrected chi connectivity index (χ4v) is 3.07. The summed E-state index contributed by atoms with van der Waals surface area (Å²) in [7, 11) is 0. The first-order valence-corrected chi connectivity index (χ1v) is 8.19. The lowest BCUT2D eigenvalue weighted by Gasteiger charge is -2.49. The smallest absolute Gasteiger partial charge is 0.245 e. The summed E-state index contributed by atoms with van der Waals surface area (Å²) in [4.78, 5) is 40.4. The first kappa shape index (κ1) is 19.5. The average molecular weight is 325 g/mol. The van der Waals surface area contributed by atoms with Crippen LogP contribution < -0.4 is 5.32 Å². The van der Waals surface area contributed by atoms with Crippen LogP contribution in [0.1, 0.15) is 55.4 Å². The minimum absolute atomic E-state index is 0.0565. The molecule has 0 aliphatic carbocycles. The van der Waals surface area contributed by atoms with Crippen molar-refractivity contribution in [3.8, 4) is 0 Å². The molecule has 1 aliphatic rings. The maximum Gasteiger partial charge on any atom is 0.245 e. The Morgan fingerprint density at radius 1 is 1.17 bits per heavy atom. The zero-order chi connectivity index (χ0) is 18.2. The molecular formula is C17H31N3O3. The summed E-state index contributed by atoms with van der Waals surface area (Å²) in [6.07, 6.45) is 0. The topological polar surface area (TPSA) is 69.7 Å². The zero-order valence-electron chi connectivity index (χ0n) is 15.7. The molecule has 1 N–H and O–H groups in total. The van der Waals surface area contributed by atoms with Crippen LogP contribution in [0.2, 0.25) is 0 Å². The van der Waals surface area contributed by atoms with Crippen molar-refractivity contribution in [3.63, 3.8) is 0 Å². The van der Waals surface area contributed by atoms with Crippen molar-refractivity contribution < 1.29 is 14.4 Å². The van der Waals surface area contributed by atoms with E-state index in [1.54, 1.807) is 32.6 Å². The number of hydrogen-bond donors (Lipinski definition) is 1. The molecule has 6 nitrogen and oxygen atoms in total. The highest BCUT2D eigenvalue weighted by molar-refractivity contribution is 5.92. The lowest BCUT2D eigenvalue weighted by atomic mass is 9.94. The summed E-state index contributed by atoms with van der Waals surface area (Å²) < 4.78 is 0. The summed E-state index contributed by atoms with van der Waals surface area (Å²) in [5, 5.41) is 2.74. The summed E-state index contributed by atoms with van der Waals surface area (Å²) >= 11 is 0. The van der Waals surface area contributed by atoms with Gasteiger partial charge in [0.15, 0.2) is 0 Å². The quantitative estimate of drug-likeness (QED) is 0.852. The van der Waals surface area contributed by atoms with E-state index < -0.39 is 17.0 Å². The normalized spacial score (nSPS) is 19.8. The molecule has 1 aliphatic heterocycles. The number of hydrogen-bond acceptors (Lipinski definition) is 3. The molecule has 0 bridgehead atoms. The fourth-order valence-electron chi connectivity index (χ4n) is 3.07. The van der Waals surface area contributed by atoms with Gasteiger partial charge in [-0.25, -0.2) is 0 Å². The Morgan fingerprint density at radius 3 is 2.09 bits per heavy atom. The molecule has 1 unspecified atom stereocenters. The Labute approximate surface area is 139 Å². The van der Waals surface area contributed by atoms with Crippen molar-refractivity contribution in [2.24, 2.45) is 5.41 Å². The summed E-state index contributed by atoms with van der Waals surface area (Å²) in [5.74, 6) is -0.448. The van der Waals surface area contributed by atoms with Crippen LogP contribution in [-0.4, -0.2) is 58.2 Å². The molecule has 3 amide bonds. The number of nitrogens with one attached hydrogen (secondary N) is 1. The van der Waals surface area contributed by atoms with Crippen molar-refractivity contribution in [2.75, 3.05) is 13.1 Å². The highest BCUT2D eigenvalue weighted by Gasteiger charge is 2.42. The van der Waals surface area contributed by atoms with Crippen molar-refractivity contribution >= 4 is 17.7 Å². The zero-order valence-corrected chi connectivity index (χ0v) is 15.7. The Balaban J connectivity index is 2.82. The third-order valence-electron chi connectivity index (χ3n) is 4.05. The second-order valence-electron chi connectivity index (χ2n) is 8.31. The molecule has 1 atom stereocenters. The number of amides is 3. The van der Waals surface area contributed by atoms with E-state index >= 15 is 0 Å². The number of nitrogens with zero attached hydrogens (tertiary/aromatic N) is 2. The monoisotopic (exact) mass is 325 g/mol. The van der Waals surface area contributed by atoms with Gasteiger partial charge in [-0.2, -0.15) is 0 Å². The molecule has 0 aromatic rings. The van der Waals surface area contributed by atoms with Gasteiger partial charge in [-0.3, -0.25) is 14.4 Å². The number of carbonyl (C=O) groups excluding carboxylic acids is 3. The molecule has 1 fully saturated rings. The number of carbonyl (C=O) groups is 3. The van der Waals surface area contributed by atoms with E-state index in [-0.39, 0.29) is 30.3 Å². The molecule has 1 heterocycles. The highest BCUT2D eigenvalue weighted by Crippen LogP contribution is 2.25. The summed E-state index contributed by atoms with van der Waals surface area (Å²) in [5.41, 5.74) is -0.979. The van der Waals surface area contributed by atoms with Gasteiger partial charge < -0.3 is 15.1 Å². The van der Waals surface area contributed by atoms with E-state index in [2.05, 4.69) is 5.32 Å². The Kier molecular flexibility index (Phi) is 5.49. The van der Waals surface area contributed by atoms with E-state index in [9.17, 15) is 14.4 Å². The largest absolute Gasteiger partial charge is 0.344 e. The molecule has 0 aromatic carbocycles. The second-order valence-corrected chi connectivity index (χ2v) is 8.31. The van der Waals surface area contributed by atoms with Crippen molar-refractivity contribution in [3.05, 3.63) is 0 Å². The predicted molar refractivity (Wildman–Crippen MR) is 89.7 cm³/mol. The maximum atomic E-state index is 12.6. The Bertz CT molecular complexity index is 492. The third kappa shape index (κ3) is 4.45. The summed E-state index contributed by atoms with van der Waals surface area (Å²) in [6, 6.07) is -0.552. The molecule has 0 spiro atoms. The number of piperazine rings is 1. The van der Waals surface area contributed by atoms with Crippen molar-refractivity contribution in [1.82, 2.24) is 15.1 Å². The first-order valence-electron chi connectivity index (χ1n) is 8.19. The third-order valence-corrected chi connectivity index (χ3v) is 4.05. The van der Waals surface area contributed by atoms with Gasteiger partial charge in [0.1, 0.15) is 6.04 Å². The van der Waals surface area contributed by atoms with Gasteiger partial charge in [-0.05, 0) is 34.6 Å². The highest BCUT2D eigenvalue weighted by atomic mass is 16.2. The van der Waals surface area contributed by atoms with Crippen LogP contribution in [0.3, 0.4) is 0 Å². The minimum Gasteiger partial charge on any atom is -0.344 e. The number of rotatable bonds is 3. The molecule has 1 saturated heterocycles. The molecule has 23 heavy (non-hydrogen) atoms. The molecule has 6 heteroatoms. The van der Waals surface area contributed by atoms with Gasteiger partial charge in [-0.1, -0.05) is 20.8 Å². The van der Waals surface area contributed by atoms with Crippen molar-refractivity contribution in [2.45, 2.75) is 73.0 Å². The van der Waals surface area contributed by atoms with Crippen LogP contribution in [-0.2, 0) is 14.4 Å². The van der Waals surface area contributed by atoms with Crippen LogP contribution in [0.5, 0.6) is 0 Å². The second kappa shape index (κ2) is 6.49. The molecule has 0 aromatic heterocycles. The van der Waals surface area contributed by atoms with E-state index in [0.717, 1.165) is 0 Å². The van der Waals surface area contributed by atoms with Crippen LogP contribution in [0.15, 0.2) is 0 Å². The summed E-state index contributed by atoms with van der Waals surface area (Å²) in [6.45, 7) is 15.5. The Morgan fingerprint density at radius 2 is 1.70 bits per heavy atom. The Hall–Kier alpha value is -1.59. The fraction of sp³-hybridized carbons (Fsp3) is 0.824. The van der Waals surface area contributed by atoms with Gasteiger partial charge >= 0.3 is 0 Å². The molecule has 132 valence electrons. The lowest BCUT2D eigenvalue weighted by Crippen LogP contribution is -2.66. The minimum atomic E-state index is -0.643. The lowest BCUT2D eigenvalue weighted by molar-refractivity contribution is -0.156. The van der Waals surface area contributed by atoms with Crippen LogP contribution in [0.25, 0.3) is 0 Å². The average Bonchev–Trinajstić information content (AvgIpc) is 2.33. The van der Waals surface area contributed by atoms with Gasteiger partial charge in [0, 0.05) is 18.0 Å². The standard InChI is InChI=1S/C17H31N3O3/c1-11(2)20-13(21)9-19(10-17(20,7)8)14(22)12(3)18-15(23)16(4,5)6/h11-12H,9-10H2,1-8H3,(H,18,23). The predicted octanol–water partition coefficient (Wildman–Crippen LogP) is 1.40. The molecule has 1 rings (SSSR count). The van der Waals surface area contributed by atoms with E-state index in [1.165, 1.54) is 0 Å². The van der Waals surface area contributed by atoms with Crippen LogP contribution in [0.4, 0.5) is 0 Å². The maximum absolute atomic E-state index is 12.6. The van der Waals surface area contributed by atoms with Crippen molar-refractivity contribution in [1.29, 1.82) is 0 Å². The van der Waals surface area contributed by atoms with E-state index in [1.807, 2.05) is 32.6 Å². The van der Waals surface area contributed by atoms with Gasteiger partial charge in [-0.15, -0.1) is 0 Å². The molecular weight excluding hydrogens is 294 g/mol. The van der Waals surface area contributed by atoms with Crippen LogP contribution >= 0.6 is 0 Å². The SMILES string of the molecule is CC(NC(=O)C(C)(C)C)C(=O)N1CC(=O)N(C(C)C)C(C)(C)C1. The van der Waals surface area contributed by atoms with Gasteiger partial charge in [0.2, 0.25) is 17.7 Å². The van der Waals surface area contributed by atoms with E-state index in [4.69, 9.17) is 0 Å². The van der Waals surface area contributed by atoms with Gasteiger partial charge in [0.05, 0.1) is 12.1 Å². The van der Waals surface area contributed by atoms with Gasteiger partial charge in [0.25, 0.3) is 0 Å². The molecule has 0 saturated carbocycles.